The predicted molar refractivity (Wildman–Crippen MR) is 98.0 cm³/mol. The fourth-order valence-corrected chi connectivity index (χ4v) is 5.65. The van der Waals surface area contributed by atoms with Crippen molar-refractivity contribution < 1.29 is 26.3 Å². The number of piperazine rings is 1. The molecule has 0 aromatic heterocycles. The van der Waals surface area contributed by atoms with Crippen LogP contribution in [0.3, 0.4) is 0 Å². The average Bonchev–Trinajstić information content (AvgIpc) is 2.61. The highest BCUT2D eigenvalue weighted by molar-refractivity contribution is 9.10. The molecule has 1 aliphatic carbocycles. The third kappa shape index (κ3) is 5.16. The highest BCUT2D eigenvalue weighted by Crippen LogP contribution is 2.34. The van der Waals surface area contributed by atoms with Gasteiger partial charge in [0.2, 0.25) is 10.0 Å². The van der Waals surface area contributed by atoms with Crippen LogP contribution in [0.4, 0.5) is 13.2 Å². The van der Waals surface area contributed by atoms with Crippen LogP contribution in [0.5, 0.6) is 5.75 Å². The van der Waals surface area contributed by atoms with Crippen molar-refractivity contribution in [3.05, 3.63) is 22.7 Å². The summed E-state index contributed by atoms with van der Waals surface area (Å²) in [4.78, 5) is 1.84. The van der Waals surface area contributed by atoms with Gasteiger partial charge >= 0.3 is 6.36 Å². The van der Waals surface area contributed by atoms with E-state index in [1.54, 1.807) is 0 Å². The molecule has 10 heteroatoms. The molecule has 0 N–H and O–H groups in total. The molecule has 0 spiro atoms. The maximum atomic E-state index is 12.9. The molecule has 0 amide bonds. The summed E-state index contributed by atoms with van der Waals surface area (Å²) >= 11 is 3.06. The van der Waals surface area contributed by atoms with Crippen molar-refractivity contribution in [2.45, 2.75) is 49.4 Å². The predicted octanol–water partition coefficient (Wildman–Crippen LogP) is 3.99. The molecular weight excluding hydrogens is 449 g/mol. The molecule has 5 nitrogen and oxygen atoms in total. The number of rotatable bonds is 4. The van der Waals surface area contributed by atoms with Crippen LogP contribution in [0, 0.1) is 0 Å². The van der Waals surface area contributed by atoms with E-state index in [0.717, 1.165) is 25.0 Å². The molecule has 1 aromatic carbocycles. The van der Waals surface area contributed by atoms with Gasteiger partial charge in [-0.2, -0.15) is 4.31 Å². The van der Waals surface area contributed by atoms with Gasteiger partial charge < -0.3 is 4.74 Å². The third-order valence-corrected chi connectivity index (χ3v) is 7.54. The first kappa shape index (κ1) is 20.9. The topological polar surface area (TPSA) is 49.9 Å². The standard InChI is InChI=1S/C17H22BrF3N2O3S/c18-13-6-7-16(15(12-13)26-17(19,20)21)27(24,25)23-10-8-22(9-11-23)14-4-2-1-3-5-14/h6-7,12,14H,1-5,8-11H2. The summed E-state index contributed by atoms with van der Waals surface area (Å²) in [6.07, 6.45) is 0.924. The van der Waals surface area contributed by atoms with Crippen LogP contribution in [0.25, 0.3) is 0 Å². The maximum Gasteiger partial charge on any atom is 0.573 e. The minimum absolute atomic E-state index is 0.264. The smallest absolute Gasteiger partial charge is 0.404 e. The summed E-state index contributed by atoms with van der Waals surface area (Å²) in [6, 6.07) is 4.06. The van der Waals surface area contributed by atoms with Crippen molar-refractivity contribution in [2.24, 2.45) is 0 Å². The highest BCUT2D eigenvalue weighted by atomic mass is 79.9. The summed E-state index contributed by atoms with van der Waals surface area (Å²) in [6.45, 7) is 1.71. The van der Waals surface area contributed by atoms with Crippen LogP contribution in [0.1, 0.15) is 32.1 Å². The lowest BCUT2D eigenvalue weighted by Crippen LogP contribution is -2.52. The Balaban J connectivity index is 1.75. The number of sulfonamides is 1. The van der Waals surface area contributed by atoms with E-state index in [1.165, 1.54) is 29.6 Å². The SMILES string of the molecule is O=S(=O)(c1ccc(Br)cc1OC(F)(F)F)N1CCN(C2CCCCC2)CC1. The Bertz CT molecular complexity index is 759. The van der Waals surface area contributed by atoms with Gasteiger partial charge in [0, 0.05) is 36.7 Å². The molecule has 0 bridgehead atoms. The summed E-state index contributed by atoms with van der Waals surface area (Å²) in [5.41, 5.74) is 0. The van der Waals surface area contributed by atoms with Gasteiger partial charge in [-0.15, -0.1) is 13.2 Å². The first-order chi connectivity index (χ1) is 12.7. The van der Waals surface area contributed by atoms with Crippen molar-refractivity contribution in [3.63, 3.8) is 0 Å². The fraction of sp³-hybridized carbons (Fsp3) is 0.647. The molecule has 1 aliphatic heterocycles. The molecule has 0 atom stereocenters. The first-order valence-electron chi connectivity index (χ1n) is 8.96. The van der Waals surface area contributed by atoms with E-state index in [-0.39, 0.29) is 13.1 Å². The van der Waals surface area contributed by atoms with E-state index in [1.807, 2.05) is 0 Å². The molecule has 27 heavy (non-hydrogen) atoms. The van der Waals surface area contributed by atoms with E-state index in [2.05, 4.69) is 25.6 Å². The zero-order valence-electron chi connectivity index (χ0n) is 14.7. The number of ether oxygens (including phenoxy) is 1. The van der Waals surface area contributed by atoms with Gasteiger partial charge in [0.15, 0.2) is 5.75 Å². The van der Waals surface area contributed by atoms with Gasteiger partial charge in [-0.3, -0.25) is 4.90 Å². The van der Waals surface area contributed by atoms with Crippen LogP contribution in [-0.2, 0) is 10.0 Å². The number of benzene rings is 1. The van der Waals surface area contributed by atoms with Crippen LogP contribution in [0.15, 0.2) is 27.6 Å². The number of hydrogen-bond acceptors (Lipinski definition) is 4. The largest absolute Gasteiger partial charge is 0.573 e. The third-order valence-electron chi connectivity index (χ3n) is 5.11. The molecule has 1 saturated carbocycles. The molecule has 0 unspecified atom stereocenters. The van der Waals surface area contributed by atoms with Crippen LogP contribution >= 0.6 is 15.9 Å². The zero-order chi connectivity index (χ0) is 19.7. The lowest BCUT2D eigenvalue weighted by molar-refractivity contribution is -0.275. The van der Waals surface area contributed by atoms with Gasteiger partial charge in [-0.25, -0.2) is 8.42 Å². The first-order valence-corrected chi connectivity index (χ1v) is 11.2. The van der Waals surface area contributed by atoms with Gasteiger partial charge in [-0.05, 0) is 31.0 Å². The van der Waals surface area contributed by atoms with Gasteiger partial charge in [0.05, 0.1) is 0 Å². The van der Waals surface area contributed by atoms with Crippen LogP contribution in [-0.4, -0.2) is 56.2 Å². The zero-order valence-corrected chi connectivity index (χ0v) is 17.1. The molecular formula is C17H22BrF3N2O3S. The Morgan fingerprint density at radius 3 is 2.26 bits per heavy atom. The van der Waals surface area contributed by atoms with Crippen LogP contribution in [0.2, 0.25) is 0 Å². The lowest BCUT2D eigenvalue weighted by Gasteiger charge is -2.40. The molecule has 1 aromatic rings. The van der Waals surface area contributed by atoms with Gasteiger partial charge in [0.1, 0.15) is 4.90 Å². The number of nitrogens with zero attached hydrogens (tertiary/aromatic N) is 2. The quantitative estimate of drug-likeness (QED) is 0.667. The van der Waals surface area contributed by atoms with Crippen molar-refractivity contribution in [1.29, 1.82) is 0 Å². The summed E-state index contributed by atoms with van der Waals surface area (Å²) < 4.78 is 69.4. The fourth-order valence-electron chi connectivity index (χ4n) is 3.79. The van der Waals surface area contributed by atoms with Crippen molar-refractivity contribution >= 4 is 26.0 Å². The molecule has 152 valence electrons. The Morgan fingerprint density at radius 1 is 1.04 bits per heavy atom. The number of alkyl halides is 3. The van der Waals surface area contributed by atoms with E-state index < -0.39 is 27.0 Å². The van der Waals surface area contributed by atoms with E-state index >= 15 is 0 Å². The van der Waals surface area contributed by atoms with E-state index in [9.17, 15) is 21.6 Å². The maximum absolute atomic E-state index is 12.9. The Labute approximate surface area is 165 Å². The van der Waals surface area contributed by atoms with Crippen molar-refractivity contribution in [1.82, 2.24) is 9.21 Å². The molecule has 2 aliphatic rings. The Hall–Kier alpha value is -0.840. The normalized spacial score (nSPS) is 21.3. The van der Waals surface area contributed by atoms with Gasteiger partial charge in [-0.1, -0.05) is 35.2 Å². The second-order valence-corrected chi connectivity index (χ2v) is 9.69. The molecule has 2 fully saturated rings. The monoisotopic (exact) mass is 470 g/mol. The molecule has 1 saturated heterocycles. The Kier molecular flexibility index (Phi) is 6.39. The molecule has 3 rings (SSSR count). The summed E-state index contributed by atoms with van der Waals surface area (Å²) in [5, 5.41) is 0. The highest BCUT2D eigenvalue weighted by Gasteiger charge is 2.37. The summed E-state index contributed by atoms with van der Waals surface area (Å²) in [7, 11) is -4.08. The minimum Gasteiger partial charge on any atom is -0.404 e. The van der Waals surface area contributed by atoms with Crippen LogP contribution < -0.4 is 4.74 Å². The second kappa shape index (κ2) is 8.26. The van der Waals surface area contributed by atoms with E-state index in [4.69, 9.17) is 0 Å². The van der Waals surface area contributed by atoms with Crippen molar-refractivity contribution in [2.75, 3.05) is 26.2 Å². The van der Waals surface area contributed by atoms with E-state index in [0.29, 0.717) is 23.6 Å². The number of hydrogen-bond donors (Lipinski definition) is 0. The molecule has 0 radical (unpaired) electrons. The second-order valence-electron chi connectivity index (χ2n) is 6.87. The van der Waals surface area contributed by atoms with Crippen molar-refractivity contribution in [3.8, 4) is 5.75 Å². The minimum atomic E-state index is -4.97. The molecule has 1 heterocycles. The number of halogens is 4. The Morgan fingerprint density at radius 2 is 1.67 bits per heavy atom. The van der Waals surface area contributed by atoms with Gasteiger partial charge in [0.25, 0.3) is 0 Å². The lowest BCUT2D eigenvalue weighted by atomic mass is 9.94. The summed E-state index contributed by atoms with van der Waals surface area (Å²) in [5.74, 6) is -0.716. The average molecular weight is 471 g/mol.